The molecule has 106 valence electrons. The predicted octanol–water partition coefficient (Wildman–Crippen LogP) is 3.69. The molecule has 2 atom stereocenters. The maximum atomic E-state index is 13.1. The van der Waals surface area contributed by atoms with E-state index in [1.165, 1.54) is 25.1 Å². The molecule has 1 aromatic rings. The van der Waals surface area contributed by atoms with Crippen LogP contribution in [0.3, 0.4) is 0 Å². The van der Waals surface area contributed by atoms with Crippen LogP contribution in [0.5, 0.6) is 0 Å². The smallest absolute Gasteiger partial charge is 0.309 e. The summed E-state index contributed by atoms with van der Waals surface area (Å²) in [7, 11) is 0. The number of benzene rings is 1. The van der Waals surface area contributed by atoms with Crippen LogP contribution in [0.25, 0.3) is 0 Å². The molecule has 0 fully saturated rings. The summed E-state index contributed by atoms with van der Waals surface area (Å²) >= 11 is 3.18. The molecule has 0 saturated carbocycles. The van der Waals surface area contributed by atoms with Crippen molar-refractivity contribution in [2.75, 3.05) is 0 Å². The molecule has 1 aromatic carbocycles. The monoisotopic (exact) mass is 332 g/mol. The fourth-order valence-electron chi connectivity index (χ4n) is 2.14. The van der Waals surface area contributed by atoms with Crippen LogP contribution in [0.1, 0.15) is 38.7 Å². The summed E-state index contributed by atoms with van der Waals surface area (Å²) in [6.45, 7) is 3.42. The Morgan fingerprint density at radius 2 is 2.16 bits per heavy atom. The molecule has 0 aliphatic heterocycles. The molecular formula is C14H18BrFO3. The number of rotatable bonds is 6. The van der Waals surface area contributed by atoms with E-state index in [-0.39, 0.29) is 0 Å². The van der Waals surface area contributed by atoms with Crippen molar-refractivity contribution in [1.29, 1.82) is 0 Å². The lowest BCUT2D eigenvalue weighted by atomic mass is 9.80. The van der Waals surface area contributed by atoms with Crippen molar-refractivity contribution in [3.8, 4) is 0 Å². The van der Waals surface area contributed by atoms with Gasteiger partial charge in [0.2, 0.25) is 0 Å². The maximum Gasteiger partial charge on any atom is 0.309 e. The minimum Gasteiger partial charge on any atom is -0.481 e. The molecule has 0 aliphatic rings. The normalized spacial score (nSPS) is 15.8. The van der Waals surface area contributed by atoms with E-state index in [4.69, 9.17) is 0 Å². The molecule has 2 N–H and O–H groups in total. The van der Waals surface area contributed by atoms with Crippen LogP contribution in [0, 0.1) is 11.7 Å². The van der Waals surface area contributed by atoms with Crippen LogP contribution in [0.2, 0.25) is 0 Å². The van der Waals surface area contributed by atoms with Gasteiger partial charge in [-0.05, 0) is 31.0 Å². The van der Waals surface area contributed by atoms with E-state index in [0.717, 1.165) is 6.42 Å². The van der Waals surface area contributed by atoms with Gasteiger partial charge in [0.1, 0.15) is 11.4 Å². The quantitative estimate of drug-likeness (QED) is 0.835. The Balaban J connectivity index is 3.14. The van der Waals surface area contributed by atoms with Gasteiger partial charge in [-0.15, -0.1) is 0 Å². The highest BCUT2D eigenvalue weighted by atomic mass is 79.9. The standard InChI is InChI=1S/C14H18BrFO3/c1-3-4-5-11(13(17)18)14(2,19)10-7-6-9(16)8-12(10)15/h6-8,11,19H,3-5H2,1-2H3,(H,17,18). The van der Waals surface area contributed by atoms with E-state index >= 15 is 0 Å². The van der Waals surface area contributed by atoms with Crippen LogP contribution in [-0.2, 0) is 10.4 Å². The molecule has 0 aromatic heterocycles. The van der Waals surface area contributed by atoms with E-state index in [2.05, 4.69) is 15.9 Å². The highest BCUT2D eigenvalue weighted by Gasteiger charge is 2.39. The molecular weight excluding hydrogens is 315 g/mol. The first-order valence-electron chi connectivity index (χ1n) is 6.21. The Morgan fingerprint density at radius 1 is 1.53 bits per heavy atom. The molecule has 0 heterocycles. The summed E-state index contributed by atoms with van der Waals surface area (Å²) in [5.74, 6) is -2.41. The van der Waals surface area contributed by atoms with Crippen molar-refractivity contribution in [2.24, 2.45) is 5.92 Å². The third-order valence-corrected chi connectivity index (χ3v) is 3.96. The number of hydrogen-bond donors (Lipinski definition) is 2. The van der Waals surface area contributed by atoms with Crippen LogP contribution in [-0.4, -0.2) is 16.2 Å². The van der Waals surface area contributed by atoms with Gasteiger partial charge in [-0.1, -0.05) is 41.8 Å². The fourth-order valence-corrected chi connectivity index (χ4v) is 2.89. The van der Waals surface area contributed by atoms with Crippen molar-refractivity contribution < 1.29 is 19.4 Å². The summed E-state index contributed by atoms with van der Waals surface area (Å²) in [4.78, 5) is 11.4. The van der Waals surface area contributed by atoms with Crippen molar-refractivity contribution in [1.82, 2.24) is 0 Å². The lowest BCUT2D eigenvalue weighted by Gasteiger charge is -2.31. The molecule has 3 nitrogen and oxygen atoms in total. The van der Waals surface area contributed by atoms with E-state index in [1.54, 1.807) is 0 Å². The molecule has 19 heavy (non-hydrogen) atoms. The van der Waals surface area contributed by atoms with E-state index in [9.17, 15) is 19.4 Å². The molecule has 2 unspecified atom stereocenters. The molecule has 0 bridgehead atoms. The summed E-state index contributed by atoms with van der Waals surface area (Å²) in [6.07, 6.45) is 1.94. The zero-order valence-corrected chi connectivity index (χ0v) is 12.6. The second-order valence-electron chi connectivity index (χ2n) is 4.80. The zero-order chi connectivity index (χ0) is 14.6. The second kappa shape index (κ2) is 6.48. The van der Waals surface area contributed by atoms with Gasteiger partial charge in [-0.25, -0.2) is 4.39 Å². The lowest BCUT2D eigenvalue weighted by Crippen LogP contribution is -2.37. The van der Waals surface area contributed by atoms with Gasteiger partial charge in [0, 0.05) is 4.47 Å². The Kier molecular flexibility index (Phi) is 5.50. The van der Waals surface area contributed by atoms with Gasteiger partial charge in [0.25, 0.3) is 0 Å². The van der Waals surface area contributed by atoms with Crippen molar-refractivity contribution in [3.05, 3.63) is 34.1 Å². The average Bonchev–Trinajstić information content (AvgIpc) is 2.27. The van der Waals surface area contributed by atoms with Crippen LogP contribution in [0.15, 0.2) is 22.7 Å². The molecule has 0 amide bonds. The molecule has 0 saturated heterocycles. The number of carboxylic acids is 1. The number of aliphatic hydroxyl groups is 1. The highest BCUT2D eigenvalue weighted by molar-refractivity contribution is 9.10. The largest absolute Gasteiger partial charge is 0.481 e. The van der Waals surface area contributed by atoms with Crippen molar-refractivity contribution in [2.45, 2.75) is 38.7 Å². The zero-order valence-electron chi connectivity index (χ0n) is 11.0. The summed E-state index contributed by atoms with van der Waals surface area (Å²) in [6, 6.07) is 3.86. The third kappa shape index (κ3) is 3.76. The number of halogens is 2. The second-order valence-corrected chi connectivity index (χ2v) is 5.66. The average molecular weight is 333 g/mol. The van der Waals surface area contributed by atoms with E-state index in [0.29, 0.717) is 22.9 Å². The van der Waals surface area contributed by atoms with Gasteiger partial charge < -0.3 is 10.2 Å². The Labute approximate surface area is 120 Å². The maximum absolute atomic E-state index is 13.1. The van der Waals surface area contributed by atoms with Gasteiger partial charge in [-0.2, -0.15) is 0 Å². The molecule has 0 spiro atoms. The Bertz CT molecular complexity index is 460. The minimum absolute atomic E-state index is 0.375. The van der Waals surface area contributed by atoms with Crippen LogP contribution >= 0.6 is 15.9 Å². The van der Waals surface area contributed by atoms with Gasteiger partial charge in [0.05, 0.1) is 5.92 Å². The summed E-state index contributed by atoms with van der Waals surface area (Å²) in [5, 5.41) is 19.9. The van der Waals surface area contributed by atoms with Crippen LogP contribution in [0.4, 0.5) is 4.39 Å². The van der Waals surface area contributed by atoms with Crippen molar-refractivity contribution in [3.63, 3.8) is 0 Å². The van der Waals surface area contributed by atoms with Gasteiger partial charge in [-0.3, -0.25) is 4.79 Å². The summed E-state index contributed by atoms with van der Waals surface area (Å²) < 4.78 is 13.4. The van der Waals surface area contributed by atoms with E-state index < -0.39 is 23.3 Å². The number of unbranched alkanes of at least 4 members (excludes halogenated alkanes) is 1. The molecule has 1 rings (SSSR count). The highest BCUT2D eigenvalue weighted by Crippen LogP contribution is 2.37. The van der Waals surface area contributed by atoms with Gasteiger partial charge in [0.15, 0.2) is 0 Å². The Morgan fingerprint density at radius 3 is 2.63 bits per heavy atom. The molecule has 0 aliphatic carbocycles. The first kappa shape index (κ1) is 16.1. The van der Waals surface area contributed by atoms with E-state index in [1.807, 2.05) is 6.92 Å². The summed E-state index contributed by atoms with van der Waals surface area (Å²) in [5.41, 5.74) is -1.16. The first-order chi connectivity index (χ1) is 8.80. The first-order valence-corrected chi connectivity index (χ1v) is 7.00. The third-order valence-electron chi connectivity index (χ3n) is 3.30. The minimum atomic E-state index is -1.55. The fraction of sp³-hybridized carbons (Fsp3) is 0.500. The molecule has 5 heteroatoms. The number of carboxylic acid groups (broad SMARTS) is 1. The number of hydrogen-bond acceptors (Lipinski definition) is 2. The number of carbonyl (C=O) groups is 1. The molecule has 0 radical (unpaired) electrons. The topological polar surface area (TPSA) is 57.5 Å². The van der Waals surface area contributed by atoms with Gasteiger partial charge >= 0.3 is 5.97 Å². The number of aliphatic carboxylic acids is 1. The lowest BCUT2D eigenvalue weighted by molar-refractivity contribution is -0.152. The Hall–Kier alpha value is -0.940. The SMILES string of the molecule is CCCCC(C(=O)O)C(C)(O)c1ccc(F)cc1Br. The predicted molar refractivity (Wildman–Crippen MR) is 74.3 cm³/mol. The van der Waals surface area contributed by atoms with Crippen LogP contribution < -0.4 is 0 Å². The van der Waals surface area contributed by atoms with Crippen molar-refractivity contribution >= 4 is 21.9 Å².